The molecule has 8 heteroatoms. The van der Waals surface area contributed by atoms with Crippen LogP contribution in [-0.2, 0) is 17.8 Å². The largest absolute Gasteiger partial charge is 0.345 e. The van der Waals surface area contributed by atoms with Crippen molar-refractivity contribution in [3.63, 3.8) is 0 Å². The summed E-state index contributed by atoms with van der Waals surface area (Å²) in [7, 11) is 0. The first kappa shape index (κ1) is 15.3. The molecule has 7 nitrogen and oxygen atoms in total. The number of aryl methyl sites for hydroxylation is 1. The molecule has 22 heavy (non-hydrogen) atoms. The van der Waals surface area contributed by atoms with Crippen LogP contribution in [0.25, 0.3) is 0 Å². The Morgan fingerprint density at radius 1 is 1.32 bits per heavy atom. The first-order chi connectivity index (χ1) is 10.6. The lowest BCUT2D eigenvalue weighted by molar-refractivity contribution is -0.122. The van der Waals surface area contributed by atoms with E-state index in [0.717, 1.165) is 43.2 Å². The maximum Gasteiger partial charge on any atom is 0.282 e. The quantitative estimate of drug-likeness (QED) is 0.905. The third kappa shape index (κ3) is 3.26. The van der Waals surface area contributed by atoms with E-state index in [-0.39, 0.29) is 23.7 Å². The molecule has 2 amide bonds. The van der Waals surface area contributed by atoms with Crippen LogP contribution in [0.5, 0.6) is 0 Å². The summed E-state index contributed by atoms with van der Waals surface area (Å²) in [5.74, 6) is 2.45. The number of nitrogens with zero attached hydrogens (tertiary/aromatic N) is 4. The highest BCUT2D eigenvalue weighted by molar-refractivity contribution is 8.13. The van der Waals surface area contributed by atoms with Crippen LogP contribution < -0.4 is 5.32 Å². The highest BCUT2D eigenvalue weighted by atomic mass is 32.2. The summed E-state index contributed by atoms with van der Waals surface area (Å²) < 4.78 is 2.13. The average molecular weight is 323 g/mol. The van der Waals surface area contributed by atoms with E-state index in [2.05, 4.69) is 20.1 Å². The van der Waals surface area contributed by atoms with Crippen molar-refractivity contribution in [3.05, 3.63) is 11.6 Å². The van der Waals surface area contributed by atoms with Gasteiger partial charge in [-0.1, -0.05) is 18.2 Å². The van der Waals surface area contributed by atoms with Crippen LogP contribution in [0.1, 0.15) is 43.9 Å². The minimum Gasteiger partial charge on any atom is -0.345 e. The Bertz CT molecular complexity index is 574. The van der Waals surface area contributed by atoms with Gasteiger partial charge in [-0.15, -0.1) is 10.2 Å². The number of carbonyl (C=O) groups excluding carboxylic acids is 2. The van der Waals surface area contributed by atoms with Gasteiger partial charge in [0.15, 0.2) is 5.82 Å². The van der Waals surface area contributed by atoms with Crippen molar-refractivity contribution in [1.82, 2.24) is 25.0 Å². The van der Waals surface area contributed by atoms with Crippen LogP contribution in [0.15, 0.2) is 0 Å². The second-order valence-electron chi connectivity index (χ2n) is 5.76. The normalized spacial score (nSPS) is 19.7. The fourth-order valence-corrected chi connectivity index (χ4v) is 3.75. The molecule has 1 aromatic rings. The number of nitrogens with one attached hydrogen (secondary N) is 1. The van der Waals surface area contributed by atoms with E-state index in [4.69, 9.17) is 0 Å². The molecule has 0 spiro atoms. The smallest absolute Gasteiger partial charge is 0.282 e. The molecule has 1 atom stereocenters. The summed E-state index contributed by atoms with van der Waals surface area (Å²) in [5.41, 5.74) is 0. The molecule has 0 aliphatic carbocycles. The van der Waals surface area contributed by atoms with Crippen LogP contribution in [0.3, 0.4) is 0 Å². The van der Waals surface area contributed by atoms with Crippen molar-refractivity contribution in [2.75, 3.05) is 18.8 Å². The summed E-state index contributed by atoms with van der Waals surface area (Å²) in [6, 6.07) is -0.197. The molecular weight excluding hydrogens is 302 g/mol. The van der Waals surface area contributed by atoms with Crippen molar-refractivity contribution < 1.29 is 9.59 Å². The van der Waals surface area contributed by atoms with E-state index in [1.165, 1.54) is 18.2 Å². The van der Waals surface area contributed by atoms with Crippen LogP contribution >= 0.6 is 11.8 Å². The van der Waals surface area contributed by atoms with Crippen molar-refractivity contribution in [2.24, 2.45) is 0 Å². The molecule has 3 heterocycles. The molecule has 1 saturated heterocycles. The third-order valence-electron chi connectivity index (χ3n) is 4.08. The van der Waals surface area contributed by atoms with Crippen molar-refractivity contribution in [1.29, 1.82) is 0 Å². The molecular formula is C14H21N5O2S. The van der Waals surface area contributed by atoms with Crippen LogP contribution in [-0.4, -0.2) is 49.7 Å². The molecule has 1 fully saturated rings. The fourth-order valence-electron chi connectivity index (χ4n) is 2.92. The van der Waals surface area contributed by atoms with Crippen LogP contribution in [0, 0.1) is 0 Å². The standard InChI is InChI=1S/C14H21N5O2S/c1-10(15-12(20)9-18-7-8-22-14(18)21)13-17-16-11-5-3-2-4-6-19(11)13/h10H,2-9H2,1H3,(H,15,20)/t10-/m1/s1. The van der Waals surface area contributed by atoms with Crippen molar-refractivity contribution in [2.45, 2.75) is 45.2 Å². The number of carbonyl (C=O) groups is 2. The number of rotatable bonds is 4. The molecule has 0 bridgehead atoms. The zero-order valence-electron chi connectivity index (χ0n) is 12.7. The molecule has 120 valence electrons. The zero-order chi connectivity index (χ0) is 15.5. The number of hydrogen-bond donors (Lipinski definition) is 1. The predicted molar refractivity (Wildman–Crippen MR) is 83.6 cm³/mol. The van der Waals surface area contributed by atoms with Gasteiger partial charge in [0.25, 0.3) is 5.24 Å². The van der Waals surface area contributed by atoms with Gasteiger partial charge in [0.1, 0.15) is 12.4 Å². The molecule has 0 aromatic carbocycles. The second-order valence-corrected chi connectivity index (χ2v) is 6.81. The minimum absolute atomic E-state index is 0.0147. The SMILES string of the molecule is C[C@@H](NC(=O)CN1CCSC1=O)c1nnc2n1CCCCC2. The third-order valence-corrected chi connectivity index (χ3v) is 4.97. The molecule has 0 saturated carbocycles. The van der Waals surface area contributed by atoms with Gasteiger partial charge in [-0.25, -0.2) is 0 Å². The molecule has 0 unspecified atom stereocenters. The molecule has 2 aliphatic heterocycles. The second kappa shape index (κ2) is 6.68. The molecule has 3 rings (SSSR count). The topological polar surface area (TPSA) is 80.1 Å². The Hall–Kier alpha value is -1.57. The summed E-state index contributed by atoms with van der Waals surface area (Å²) >= 11 is 1.27. The first-order valence-corrected chi connectivity index (χ1v) is 8.77. The monoisotopic (exact) mass is 323 g/mol. The van der Waals surface area contributed by atoms with Crippen LogP contribution in [0.4, 0.5) is 4.79 Å². The zero-order valence-corrected chi connectivity index (χ0v) is 13.6. The first-order valence-electron chi connectivity index (χ1n) is 7.78. The van der Waals surface area contributed by atoms with E-state index >= 15 is 0 Å². The lowest BCUT2D eigenvalue weighted by atomic mass is 10.2. The Labute approximate surface area is 133 Å². The summed E-state index contributed by atoms with van der Waals surface area (Å²) in [4.78, 5) is 25.2. The van der Waals surface area contributed by atoms with Gasteiger partial charge in [0.05, 0.1) is 6.04 Å². The summed E-state index contributed by atoms with van der Waals surface area (Å²) in [6.07, 6.45) is 4.43. The van der Waals surface area contributed by atoms with Gasteiger partial charge in [0.2, 0.25) is 5.91 Å². The maximum absolute atomic E-state index is 12.1. The number of thioether (sulfide) groups is 1. The molecule has 2 aliphatic rings. The van der Waals surface area contributed by atoms with Gasteiger partial charge in [-0.2, -0.15) is 0 Å². The Morgan fingerprint density at radius 3 is 2.95 bits per heavy atom. The van der Waals surface area contributed by atoms with E-state index in [1.807, 2.05) is 6.92 Å². The highest BCUT2D eigenvalue weighted by Gasteiger charge is 2.25. The summed E-state index contributed by atoms with van der Waals surface area (Å²) in [5, 5.41) is 11.4. The van der Waals surface area contributed by atoms with Crippen molar-refractivity contribution >= 4 is 22.9 Å². The lowest BCUT2D eigenvalue weighted by Crippen LogP contribution is -2.39. The van der Waals surface area contributed by atoms with Crippen molar-refractivity contribution in [3.8, 4) is 0 Å². The number of fused-ring (bicyclic) bond motifs is 1. The maximum atomic E-state index is 12.1. The van der Waals surface area contributed by atoms with Gasteiger partial charge in [-0.05, 0) is 19.8 Å². The van der Waals surface area contributed by atoms with Gasteiger partial charge in [-0.3, -0.25) is 9.59 Å². The minimum atomic E-state index is -0.197. The van der Waals surface area contributed by atoms with Gasteiger partial charge in [0, 0.05) is 25.3 Å². The molecule has 1 N–H and O–H groups in total. The fraction of sp³-hybridized carbons (Fsp3) is 0.714. The lowest BCUT2D eigenvalue weighted by Gasteiger charge is -2.18. The summed E-state index contributed by atoms with van der Waals surface area (Å²) in [6.45, 7) is 3.60. The molecule has 0 radical (unpaired) electrons. The van der Waals surface area contributed by atoms with E-state index in [9.17, 15) is 9.59 Å². The number of hydrogen-bond acceptors (Lipinski definition) is 5. The van der Waals surface area contributed by atoms with Gasteiger partial charge >= 0.3 is 0 Å². The van der Waals surface area contributed by atoms with Crippen LogP contribution in [0.2, 0.25) is 0 Å². The molecule has 1 aromatic heterocycles. The van der Waals surface area contributed by atoms with E-state index < -0.39 is 0 Å². The number of amides is 2. The number of aromatic nitrogens is 3. The average Bonchev–Trinajstić information content (AvgIpc) is 2.99. The Balaban J connectivity index is 1.62. The Kier molecular flexibility index (Phi) is 4.66. The predicted octanol–water partition coefficient (Wildman–Crippen LogP) is 1.35. The van der Waals surface area contributed by atoms with E-state index in [0.29, 0.717) is 6.54 Å². The van der Waals surface area contributed by atoms with E-state index in [1.54, 1.807) is 4.90 Å². The highest BCUT2D eigenvalue weighted by Crippen LogP contribution is 2.19. The Morgan fingerprint density at radius 2 is 2.18 bits per heavy atom. The van der Waals surface area contributed by atoms with Gasteiger partial charge < -0.3 is 14.8 Å².